The average molecular weight is 163 g/mol. The minimum absolute atomic E-state index is 0.553. The SMILES string of the molecule is C=Cc1ccc(CN(C)O)cc1. The molecule has 1 N–H and O–H groups in total. The average Bonchev–Trinajstić information content (AvgIpc) is 2.05. The van der Waals surface area contributed by atoms with Gasteiger partial charge >= 0.3 is 0 Å². The van der Waals surface area contributed by atoms with Crippen molar-refractivity contribution >= 4 is 6.08 Å². The van der Waals surface area contributed by atoms with Crippen LogP contribution in [0.15, 0.2) is 30.8 Å². The van der Waals surface area contributed by atoms with Gasteiger partial charge < -0.3 is 5.21 Å². The largest absolute Gasteiger partial charge is 0.314 e. The van der Waals surface area contributed by atoms with Gasteiger partial charge in [0.25, 0.3) is 0 Å². The summed E-state index contributed by atoms with van der Waals surface area (Å²) in [5.74, 6) is 0. The second-order valence-corrected chi connectivity index (χ2v) is 2.76. The molecule has 0 radical (unpaired) electrons. The molecule has 64 valence electrons. The number of rotatable bonds is 3. The number of hydroxylamine groups is 2. The predicted molar refractivity (Wildman–Crippen MR) is 49.8 cm³/mol. The normalized spacial score (nSPS) is 10.2. The molecule has 2 nitrogen and oxygen atoms in total. The summed E-state index contributed by atoms with van der Waals surface area (Å²) in [6.07, 6.45) is 1.80. The Morgan fingerprint density at radius 2 is 2.00 bits per heavy atom. The molecule has 1 aromatic carbocycles. The van der Waals surface area contributed by atoms with Gasteiger partial charge in [0.1, 0.15) is 0 Å². The van der Waals surface area contributed by atoms with E-state index in [4.69, 9.17) is 5.21 Å². The van der Waals surface area contributed by atoms with Crippen molar-refractivity contribution in [1.29, 1.82) is 0 Å². The second-order valence-electron chi connectivity index (χ2n) is 2.76. The van der Waals surface area contributed by atoms with Crippen molar-refractivity contribution in [3.63, 3.8) is 0 Å². The van der Waals surface area contributed by atoms with Gasteiger partial charge in [-0.15, -0.1) is 0 Å². The Kier molecular flexibility index (Phi) is 3.02. The Bertz CT molecular complexity index is 251. The molecular weight excluding hydrogens is 150 g/mol. The van der Waals surface area contributed by atoms with E-state index in [0.29, 0.717) is 6.54 Å². The summed E-state index contributed by atoms with van der Waals surface area (Å²) in [6, 6.07) is 7.91. The Morgan fingerprint density at radius 3 is 2.42 bits per heavy atom. The van der Waals surface area contributed by atoms with Crippen molar-refractivity contribution in [2.75, 3.05) is 7.05 Å². The van der Waals surface area contributed by atoms with E-state index in [1.165, 1.54) is 0 Å². The van der Waals surface area contributed by atoms with Gasteiger partial charge in [0.15, 0.2) is 0 Å². The van der Waals surface area contributed by atoms with Crippen molar-refractivity contribution in [3.05, 3.63) is 42.0 Å². The molecule has 0 heterocycles. The zero-order valence-electron chi connectivity index (χ0n) is 7.20. The Hall–Kier alpha value is -1.12. The van der Waals surface area contributed by atoms with Crippen LogP contribution in [0.3, 0.4) is 0 Å². The van der Waals surface area contributed by atoms with Crippen molar-refractivity contribution < 1.29 is 5.21 Å². The van der Waals surface area contributed by atoms with Crippen LogP contribution in [0.4, 0.5) is 0 Å². The van der Waals surface area contributed by atoms with Crippen molar-refractivity contribution in [2.45, 2.75) is 6.54 Å². The first-order valence-corrected chi connectivity index (χ1v) is 3.84. The van der Waals surface area contributed by atoms with Crippen molar-refractivity contribution in [3.8, 4) is 0 Å². The summed E-state index contributed by atoms with van der Waals surface area (Å²) in [5.41, 5.74) is 2.19. The van der Waals surface area contributed by atoms with Gasteiger partial charge in [-0.25, -0.2) is 0 Å². The van der Waals surface area contributed by atoms with Crippen LogP contribution in [0.1, 0.15) is 11.1 Å². The van der Waals surface area contributed by atoms with Gasteiger partial charge in [-0.3, -0.25) is 0 Å². The minimum atomic E-state index is 0.553. The molecule has 2 heteroatoms. The summed E-state index contributed by atoms with van der Waals surface area (Å²) in [7, 11) is 1.63. The molecular formula is C10H13NO. The third-order valence-electron chi connectivity index (χ3n) is 1.63. The van der Waals surface area contributed by atoms with Crippen LogP contribution in [0.2, 0.25) is 0 Å². The van der Waals surface area contributed by atoms with Crippen molar-refractivity contribution in [1.82, 2.24) is 5.06 Å². The van der Waals surface area contributed by atoms with E-state index >= 15 is 0 Å². The highest BCUT2D eigenvalue weighted by molar-refractivity contribution is 5.47. The van der Waals surface area contributed by atoms with E-state index in [9.17, 15) is 0 Å². The molecule has 0 spiro atoms. The Labute approximate surface area is 72.7 Å². The summed E-state index contributed by atoms with van der Waals surface area (Å²) < 4.78 is 0. The number of hydrogen-bond donors (Lipinski definition) is 1. The number of nitrogens with zero attached hydrogens (tertiary/aromatic N) is 1. The molecule has 0 saturated carbocycles. The maximum absolute atomic E-state index is 8.95. The van der Waals surface area contributed by atoms with Crippen LogP contribution in [0.5, 0.6) is 0 Å². The maximum Gasteiger partial charge on any atom is 0.0485 e. The van der Waals surface area contributed by atoms with E-state index in [-0.39, 0.29) is 0 Å². The predicted octanol–water partition coefficient (Wildman–Crippen LogP) is 2.15. The standard InChI is InChI=1S/C10H13NO/c1-3-9-4-6-10(7-5-9)8-11(2)12/h3-7,12H,1,8H2,2H3. The van der Waals surface area contributed by atoms with Crippen LogP contribution in [0, 0.1) is 0 Å². The van der Waals surface area contributed by atoms with Crippen LogP contribution in [0.25, 0.3) is 6.08 Å². The minimum Gasteiger partial charge on any atom is -0.314 e. The lowest BCUT2D eigenvalue weighted by molar-refractivity contribution is -0.0731. The molecule has 0 aromatic heterocycles. The fourth-order valence-corrected chi connectivity index (χ4v) is 1.02. The monoisotopic (exact) mass is 163 g/mol. The van der Waals surface area contributed by atoms with E-state index in [0.717, 1.165) is 16.2 Å². The Morgan fingerprint density at radius 1 is 1.42 bits per heavy atom. The van der Waals surface area contributed by atoms with E-state index in [2.05, 4.69) is 6.58 Å². The molecule has 0 bridgehead atoms. The first-order valence-electron chi connectivity index (χ1n) is 3.84. The van der Waals surface area contributed by atoms with Crippen LogP contribution < -0.4 is 0 Å². The zero-order chi connectivity index (χ0) is 8.97. The first-order chi connectivity index (χ1) is 5.72. The summed E-state index contributed by atoms with van der Waals surface area (Å²) in [4.78, 5) is 0. The van der Waals surface area contributed by atoms with Gasteiger partial charge in [-0.05, 0) is 11.1 Å². The highest BCUT2D eigenvalue weighted by Crippen LogP contribution is 2.06. The summed E-state index contributed by atoms with van der Waals surface area (Å²) in [5, 5.41) is 10.1. The van der Waals surface area contributed by atoms with E-state index in [1.54, 1.807) is 13.1 Å². The smallest absolute Gasteiger partial charge is 0.0485 e. The maximum atomic E-state index is 8.95. The summed E-state index contributed by atoms with van der Waals surface area (Å²) >= 11 is 0. The van der Waals surface area contributed by atoms with E-state index < -0.39 is 0 Å². The quantitative estimate of drug-likeness (QED) is 0.690. The topological polar surface area (TPSA) is 23.5 Å². The van der Waals surface area contributed by atoms with Crippen LogP contribution in [-0.4, -0.2) is 17.3 Å². The molecule has 0 fully saturated rings. The molecule has 0 atom stereocenters. The molecule has 0 aliphatic rings. The van der Waals surface area contributed by atoms with Crippen LogP contribution in [-0.2, 0) is 6.54 Å². The lowest BCUT2D eigenvalue weighted by Gasteiger charge is -2.07. The lowest BCUT2D eigenvalue weighted by atomic mass is 10.1. The number of hydrogen-bond acceptors (Lipinski definition) is 2. The van der Waals surface area contributed by atoms with Gasteiger partial charge in [-0.1, -0.05) is 36.9 Å². The third kappa shape index (κ3) is 2.49. The molecule has 0 saturated heterocycles. The van der Waals surface area contributed by atoms with Gasteiger partial charge in [0.05, 0.1) is 0 Å². The molecule has 1 rings (SSSR count). The Balaban J connectivity index is 2.71. The fourth-order valence-electron chi connectivity index (χ4n) is 1.02. The molecule has 0 unspecified atom stereocenters. The highest BCUT2D eigenvalue weighted by Gasteiger charge is 1.94. The fraction of sp³-hybridized carbons (Fsp3) is 0.200. The second kappa shape index (κ2) is 4.04. The van der Waals surface area contributed by atoms with Crippen molar-refractivity contribution in [2.24, 2.45) is 0 Å². The first kappa shape index (κ1) is 8.97. The highest BCUT2D eigenvalue weighted by atomic mass is 16.5. The third-order valence-corrected chi connectivity index (χ3v) is 1.63. The molecule has 0 aliphatic heterocycles. The lowest BCUT2D eigenvalue weighted by Crippen LogP contribution is -2.11. The molecule has 12 heavy (non-hydrogen) atoms. The van der Waals surface area contributed by atoms with Gasteiger partial charge in [0.2, 0.25) is 0 Å². The molecule has 1 aromatic rings. The molecule has 0 amide bonds. The molecule has 0 aliphatic carbocycles. The van der Waals surface area contributed by atoms with E-state index in [1.807, 2.05) is 24.3 Å². The van der Waals surface area contributed by atoms with Gasteiger partial charge in [-0.2, -0.15) is 5.06 Å². The summed E-state index contributed by atoms with van der Waals surface area (Å²) in [6.45, 7) is 4.21. The van der Waals surface area contributed by atoms with Gasteiger partial charge in [0, 0.05) is 13.6 Å². The number of benzene rings is 1. The zero-order valence-corrected chi connectivity index (χ0v) is 7.20. The van der Waals surface area contributed by atoms with Crippen LogP contribution >= 0.6 is 0 Å².